The van der Waals surface area contributed by atoms with E-state index < -0.39 is 0 Å². The molecule has 2 unspecified atom stereocenters. The first-order valence-electron chi connectivity index (χ1n) is 7.23. The number of phenolic OH excluding ortho intramolecular Hbond substituents is 1. The van der Waals surface area contributed by atoms with Crippen molar-refractivity contribution in [3.63, 3.8) is 0 Å². The van der Waals surface area contributed by atoms with Gasteiger partial charge in [-0.15, -0.1) is 0 Å². The van der Waals surface area contributed by atoms with Gasteiger partial charge in [-0.05, 0) is 45.8 Å². The summed E-state index contributed by atoms with van der Waals surface area (Å²) < 4.78 is 6.43. The zero-order chi connectivity index (χ0) is 16.0. The van der Waals surface area contributed by atoms with Crippen LogP contribution in [-0.4, -0.2) is 23.5 Å². The van der Waals surface area contributed by atoms with Crippen molar-refractivity contribution < 1.29 is 14.6 Å². The van der Waals surface area contributed by atoms with E-state index in [2.05, 4.69) is 26.2 Å². The van der Waals surface area contributed by atoms with Crippen molar-refractivity contribution in [1.29, 1.82) is 0 Å². The molecular formula is C17H13BrN2O3. The zero-order valence-corrected chi connectivity index (χ0v) is 13.6. The molecule has 0 fully saturated rings. The van der Waals surface area contributed by atoms with E-state index in [1.54, 1.807) is 12.1 Å². The normalized spacial score (nSPS) is 22.3. The number of para-hydroxylation sites is 1. The molecule has 2 amide bonds. The molecule has 4 rings (SSSR count). The minimum Gasteiger partial charge on any atom is -0.507 e. The first-order chi connectivity index (χ1) is 11.1. The second-order valence-electron chi connectivity index (χ2n) is 5.55. The van der Waals surface area contributed by atoms with E-state index in [0.29, 0.717) is 11.1 Å². The minimum absolute atomic E-state index is 0.0703. The Labute approximate surface area is 141 Å². The average Bonchev–Trinajstić information content (AvgIpc) is 2.56. The van der Waals surface area contributed by atoms with Crippen LogP contribution in [0.1, 0.15) is 17.2 Å². The quantitative estimate of drug-likeness (QED) is 0.805. The predicted octanol–water partition coefficient (Wildman–Crippen LogP) is 3.42. The van der Waals surface area contributed by atoms with Gasteiger partial charge in [-0.1, -0.05) is 18.2 Å². The largest absolute Gasteiger partial charge is 0.507 e. The van der Waals surface area contributed by atoms with Gasteiger partial charge in [-0.3, -0.25) is 0 Å². The second kappa shape index (κ2) is 5.38. The van der Waals surface area contributed by atoms with Crippen LogP contribution < -0.4 is 10.1 Å². The zero-order valence-electron chi connectivity index (χ0n) is 12.0. The third-order valence-corrected chi connectivity index (χ3v) is 4.80. The standard InChI is InChI=1S/C17H13BrN2O3/c18-12-7-9(5-6-13(12)21)15-11-8-23-14-4-2-1-3-10(14)16(11)20-17(22)19-15/h1-7,11,15,21H,8H2,(H,19,22). The van der Waals surface area contributed by atoms with Crippen molar-refractivity contribution in [1.82, 2.24) is 5.32 Å². The molecule has 6 heteroatoms. The lowest BCUT2D eigenvalue weighted by Crippen LogP contribution is -2.45. The summed E-state index contributed by atoms with van der Waals surface area (Å²) in [7, 11) is 0. The molecule has 0 saturated carbocycles. The van der Waals surface area contributed by atoms with Crippen molar-refractivity contribution in [2.75, 3.05) is 6.61 Å². The van der Waals surface area contributed by atoms with Gasteiger partial charge in [0.2, 0.25) is 0 Å². The monoisotopic (exact) mass is 372 g/mol. The average molecular weight is 373 g/mol. The number of phenols is 1. The van der Waals surface area contributed by atoms with E-state index in [1.807, 2.05) is 30.3 Å². The number of fused-ring (bicyclic) bond motifs is 3. The summed E-state index contributed by atoms with van der Waals surface area (Å²) in [4.78, 5) is 16.2. The summed E-state index contributed by atoms with van der Waals surface area (Å²) in [6.45, 7) is 0.444. The number of carbonyl (C=O) groups is 1. The summed E-state index contributed by atoms with van der Waals surface area (Å²) in [5, 5.41) is 12.6. The van der Waals surface area contributed by atoms with Crippen LogP contribution in [0.2, 0.25) is 0 Å². The third-order valence-electron chi connectivity index (χ3n) is 4.17. The molecule has 2 aliphatic heterocycles. The van der Waals surface area contributed by atoms with E-state index in [1.165, 1.54) is 0 Å². The number of carbonyl (C=O) groups excluding carboxylic acids is 1. The van der Waals surface area contributed by atoms with Gasteiger partial charge in [0.25, 0.3) is 0 Å². The summed E-state index contributed by atoms with van der Waals surface area (Å²) in [5.74, 6) is 0.844. The molecule has 0 spiro atoms. The Bertz CT molecular complexity index is 834. The molecule has 2 aromatic carbocycles. The number of halogens is 1. The van der Waals surface area contributed by atoms with E-state index >= 15 is 0 Å². The number of aromatic hydroxyl groups is 1. The number of nitrogens with zero attached hydrogens (tertiary/aromatic N) is 1. The van der Waals surface area contributed by atoms with Gasteiger partial charge in [-0.2, -0.15) is 4.99 Å². The number of ether oxygens (including phenoxy) is 1. The molecule has 2 aliphatic rings. The lowest BCUT2D eigenvalue weighted by molar-refractivity contribution is 0.217. The van der Waals surface area contributed by atoms with Crippen LogP contribution in [0.15, 0.2) is 51.9 Å². The van der Waals surface area contributed by atoms with Crippen LogP contribution in [-0.2, 0) is 0 Å². The molecule has 5 nitrogen and oxygen atoms in total. The van der Waals surface area contributed by atoms with Crippen LogP contribution in [0, 0.1) is 5.92 Å². The van der Waals surface area contributed by atoms with Gasteiger partial charge in [0.05, 0.1) is 28.8 Å². The number of rotatable bonds is 1. The molecule has 2 N–H and O–H groups in total. The number of urea groups is 1. The van der Waals surface area contributed by atoms with Gasteiger partial charge < -0.3 is 15.2 Å². The Morgan fingerprint density at radius 3 is 2.91 bits per heavy atom. The summed E-state index contributed by atoms with van der Waals surface area (Å²) >= 11 is 3.32. The molecule has 2 heterocycles. The molecular weight excluding hydrogens is 360 g/mol. The number of amides is 2. The maximum Gasteiger partial charge on any atom is 0.341 e. The fourth-order valence-electron chi connectivity index (χ4n) is 3.07. The molecule has 0 bridgehead atoms. The first kappa shape index (κ1) is 14.3. The number of nitrogens with one attached hydrogen (secondary N) is 1. The molecule has 0 radical (unpaired) electrons. The molecule has 116 valence electrons. The van der Waals surface area contributed by atoms with Gasteiger partial charge in [0.1, 0.15) is 11.5 Å². The highest BCUT2D eigenvalue weighted by atomic mass is 79.9. The molecule has 0 aliphatic carbocycles. The second-order valence-corrected chi connectivity index (χ2v) is 6.40. The van der Waals surface area contributed by atoms with E-state index in [4.69, 9.17) is 4.74 Å². The maximum atomic E-state index is 12.1. The first-order valence-corrected chi connectivity index (χ1v) is 8.02. The predicted molar refractivity (Wildman–Crippen MR) is 89.0 cm³/mol. The summed E-state index contributed by atoms with van der Waals surface area (Å²) in [5.41, 5.74) is 2.51. The lowest BCUT2D eigenvalue weighted by Gasteiger charge is -2.36. The van der Waals surface area contributed by atoms with Gasteiger partial charge in [-0.25, -0.2) is 4.79 Å². The Hall–Kier alpha value is -2.34. The molecule has 23 heavy (non-hydrogen) atoms. The Morgan fingerprint density at radius 1 is 1.26 bits per heavy atom. The van der Waals surface area contributed by atoms with Crippen LogP contribution in [0.4, 0.5) is 4.79 Å². The van der Waals surface area contributed by atoms with Crippen molar-refractivity contribution in [3.05, 3.63) is 58.1 Å². The number of aliphatic imine (C=N–C) groups is 1. The Morgan fingerprint density at radius 2 is 2.09 bits per heavy atom. The third kappa shape index (κ3) is 2.39. The van der Waals surface area contributed by atoms with Crippen LogP contribution in [0.25, 0.3) is 0 Å². The topological polar surface area (TPSA) is 70.9 Å². The van der Waals surface area contributed by atoms with Crippen molar-refractivity contribution >= 4 is 27.7 Å². The highest BCUT2D eigenvalue weighted by molar-refractivity contribution is 9.10. The number of hydrogen-bond donors (Lipinski definition) is 2. The number of benzene rings is 2. The van der Waals surface area contributed by atoms with Crippen LogP contribution in [0.3, 0.4) is 0 Å². The van der Waals surface area contributed by atoms with Gasteiger partial charge in [0.15, 0.2) is 0 Å². The van der Waals surface area contributed by atoms with E-state index in [0.717, 1.165) is 22.6 Å². The molecule has 2 atom stereocenters. The highest BCUT2D eigenvalue weighted by Crippen LogP contribution is 2.38. The van der Waals surface area contributed by atoms with Crippen LogP contribution in [0.5, 0.6) is 11.5 Å². The highest BCUT2D eigenvalue weighted by Gasteiger charge is 2.38. The number of hydrogen-bond acceptors (Lipinski definition) is 3. The fraction of sp³-hybridized carbons (Fsp3) is 0.176. The Balaban J connectivity index is 1.79. The molecule has 2 aromatic rings. The smallest absolute Gasteiger partial charge is 0.341 e. The van der Waals surface area contributed by atoms with E-state index in [-0.39, 0.29) is 23.7 Å². The SMILES string of the molecule is O=C1N=C2c3ccccc3OCC2C(c2ccc(O)c(Br)c2)N1. The van der Waals surface area contributed by atoms with Gasteiger partial charge in [0, 0.05) is 5.56 Å². The maximum absolute atomic E-state index is 12.1. The summed E-state index contributed by atoms with van der Waals surface area (Å²) in [6, 6.07) is 12.2. The van der Waals surface area contributed by atoms with Crippen LogP contribution >= 0.6 is 15.9 Å². The van der Waals surface area contributed by atoms with Gasteiger partial charge >= 0.3 is 6.03 Å². The van der Waals surface area contributed by atoms with Crippen molar-refractivity contribution in [3.8, 4) is 11.5 Å². The fourth-order valence-corrected chi connectivity index (χ4v) is 3.46. The summed E-state index contributed by atoms with van der Waals surface area (Å²) in [6.07, 6.45) is 0. The molecule has 0 aromatic heterocycles. The minimum atomic E-state index is -0.359. The lowest BCUT2D eigenvalue weighted by atomic mass is 9.83. The van der Waals surface area contributed by atoms with E-state index in [9.17, 15) is 9.90 Å². The van der Waals surface area contributed by atoms with Crippen molar-refractivity contribution in [2.45, 2.75) is 6.04 Å². The van der Waals surface area contributed by atoms with Crippen molar-refractivity contribution in [2.24, 2.45) is 10.9 Å². The molecule has 0 saturated heterocycles. The Kier molecular flexibility index (Phi) is 3.34.